The van der Waals surface area contributed by atoms with Crippen molar-refractivity contribution in [2.24, 2.45) is 0 Å². The molecule has 138 valence electrons. The molecule has 0 saturated carbocycles. The van der Waals surface area contributed by atoms with Crippen LogP contribution in [-0.4, -0.2) is 37.9 Å². The second-order valence-corrected chi connectivity index (χ2v) is 8.15. The molecule has 0 radical (unpaired) electrons. The highest BCUT2D eigenvalue weighted by Gasteiger charge is 2.23. The van der Waals surface area contributed by atoms with Crippen LogP contribution in [-0.2, 0) is 16.3 Å². The van der Waals surface area contributed by atoms with E-state index in [0.29, 0.717) is 5.39 Å². The van der Waals surface area contributed by atoms with Gasteiger partial charge in [0.1, 0.15) is 5.82 Å². The number of nitrogens with one attached hydrogen (secondary N) is 1. The zero-order chi connectivity index (χ0) is 18.7. The second-order valence-electron chi connectivity index (χ2n) is 6.23. The van der Waals surface area contributed by atoms with Crippen molar-refractivity contribution >= 4 is 20.7 Å². The van der Waals surface area contributed by atoms with E-state index in [1.807, 2.05) is 18.2 Å². The van der Waals surface area contributed by atoms with E-state index < -0.39 is 15.7 Å². The molecule has 0 fully saturated rings. The van der Waals surface area contributed by atoms with E-state index in [2.05, 4.69) is 23.7 Å². The maximum atomic E-state index is 13.5. The van der Waals surface area contributed by atoms with Gasteiger partial charge in [-0.25, -0.2) is 12.8 Å². The van der Waals surface area contributed by atoms with Crippen molar-refractivity contribution in [3.05, 3.63) is 60.0 Å². The van der Waals surface area contributed by atoms with Crippen LogP contribution in [0.25, 0.3) is 10.9 Å². The van der Waals surface area contributed by atoms with Crippen molar-refractivity contribution in [2.45, 2.75) is 30.1 Å². The summed E-state index contributed by atoms with van der Waals surface area (Å²) >= 11 is 0. The van der Waals surface area contributed by atoms with Crippen molar-refractivity contribution in [1.82, 2.24) is 9.88 Å². The minimum absolute atomic E-state index is 0.0306. The third-order valence-corrected chi connectivity index (χ3v) is 6.52. The Kier molecular flexibility index (Phi) is 5.44. The Morgan fingerprint density at radius 2 is 1.81 bits per heavy atom. The van der Waals surface area contributed by atoms with Crippen LogP contribution in [0.4, 0.5) is 4.39 Å². The summed E-state index contributed by atoms with van der Waals surface area (Å²) in [4.78, 5) is 5.52. The lowest BCUT2D eigenvalue weighted by molar-refractivity contribution is 0.308. The molecular weight excluding hydrogens is 351 g/mol. The molecule has 0 atom stereocenters. The molecule has 0 aliphatic carbocycles. The van der Waals surface area contributed by atoms with Crippen molar-refractivity contribution in [2.75, 3.05) is 19.6 Å². The number of fused-ring (bicyclic) bond motifs is 1. The van der Waals surface area contributed by atoms with Gasteiger partial charge in [0.05, 0.1) is 9.79 Å². The first-order valence-corrected chi connectivity index (χ1v) is 10.3. The normalized spacial score (nSPS) is 12.2. The average molecular weight is 374 g/mol. The van der Waals surface area contributed by atoms with Crippen molar-refractivity contribution in [1.29, 1.82) is 0 Å². The molecule has 0 saturated heterocycles. The van der Waals surface area contributed by atoms with E-state index in [1.54, 1.807) is 0 Å². The number of H-pyrrole nitrogens is 1. The summed E-state index contributed by atoms with van der Waals surface area (Å²) in [5, 5.41) is 0.698. The standard InChI is InChI=1S/C20H23FN2O2S/c1-3-23(4-2)12-11-15-7-5-10-18-20(15)19(14-22-18)26(24,25)17-9-6-8-16(21)13-17/h5-10,13-14,22H,3-4,11-12H2,1-2H3. The largest absolute Gasteiger partial charge is 0.360 e. The van der Waals surface area contributed by atoms with Crippen molar-refractivity contribution in [3.8, 4) is 0 Å². The Morgan fingerprint density at radius 3 is 2.50 bits per heavy atom. The van der Waals surface area contributed by atoms with Gasteiger partial charge in [-0.3, -0.25) is 0 Å². The Balaban J connectivity index is 2.07. The van der Waals surface area contributed by atoms with E-state index in [9.17, 15) is 12.8 Å². The average Bonchev–Trinajstić information content (AvgIpc) is 3.08. The zero-order valence-electron chi connectivity index (χ0n) is 15.0. The molecular formula is C20H23FN2O2S. The minimum Gasteiger partial charge on any atom is -0.360 e. The summed E-state index contributed by atoms with van der Waals surface area (Å²) in [7, 11) is -3.80. The first-order valence-electron chi connectivity index (χ1n) is 8.79. The fourth-order valence-corrected chi connectivity index (χ4v) is 4.73. The molecule has 1 N–H and O–H groups in total. The van der Waals surface area contributed by atoms with Gasteiger partial charge in [0.2, 0.25) is 9.84 Å². The van der Waals surface area contributed by atoms with Gasteiger partial charge in [-0.2, -0.15) is 0 Å². The molecule has 1 aromatic heterocycles. The lowest BCUT2D eigenvalue weighted by Crippen LogP contribution is -2.25. The zero-order valence-corrected chi connectivity index (χ0v) is 15.8. The van der Waals surface area contributed by atoms with Crippen LogP contribution >= 0.6 is 0 Å². The molecule has 0 aliphatic rings. The molecule has 1 heterocycles. The highest BCUT2D eigenvalue weighted by Crippen LogP contribution is 2.31. The summed E-state index contributed by atoms with van der Waals surface area (Å²) in [6.45, 7) is 6.99. The number of sulfone groups is 1. The van der Waals surface area contributed by atoms with Crippen molar-refractivity contribution < 1.29 is 12.8 Å². The second kappa shape index (κ2) is 7.60. The van der Waals surface area contributed by atoms with Gasteiger partial charge in [0.15, 0.2) is 0 Å². The monoisotopic (exact) mass is 374 g/mol. The van der Waals surface area contributed by atoms with Gasteiger partial charge in [-0.1, -0.05) is 32.0 Å². The fourth-order valence-electron chi connectivity index (χ4n) is 3.23. The van der Waals surface area contributed by atoms with Gasteiger partial charge in [-0.05, 0) is 49.3 Å². The molecule has 0 spiro atoms. The summed E-state index contributed by atoms with van der Waals surface area (Å²) in [6, 6.07) is 10.9. The highest BCUT2D eigenvalue weighted by molar-refractivity contribution is 7.91. The van der Waals surface area contributed by atoms with Gasteiger partial charge in [0.25, 0.3) is 0 Å². The summed E-state index contributed by atoms with van der Waals surface area (Å²) < 4.78 is 39.7. The molecule has 4 nitrogen and oxygen atoms in total. The Labute approximate surface area is 153 Å². The molecule has 3 aromatic rings. The van der Waals surface area contributed by atoms with Crippen LogP contribution in [0.2, 0.25) is 0 Å². The van der Waals surface area contributed by atoms with Crippen molar-refractivity contribution in [3.63, 3.8) is 0 Å². The Hall–Kier alpha value is -2.18. The maximum absolute atomic E-state index is 13.5. The van der Waals surface area contributed by atoms with Crippen LogP contribution < -0.4 is 0 Å². The predicted octanol–water partition coefficient (Wildman–Crippen LogP) is 4.02. The molecule has 26 heavy (non-hydrogen) atoms. The lowest BCUT2D eigenvalue weighted by Gasteiger charge is -2.18. The Bertz CT molecular complexity index is 1010. The van der Waals surface area contributed by atoms with E-state index >= 15 is 0 Å². The van der Waals surface area contributed by atoms with E-state index in [1.165, 1.54) is 24.4 Å². The third-order valence-electron chi connectivity index (χ3n) is 4.74. The summed E-state index contributed by atoms with van der Waals surface area (Å²) in [6.07, 6.45) is 2.26. The SMILES string of the molecule is CCN(CC)CCc1cccc2[nH]cc(S(=O)(=O)c3cccc(F)c3)c12. The molecule has 0 aliphatic heterocycles. The van der Waals surface area contributed by atoms with E-state index in [-0.39, 0.29) is 9.79 Å². The van der Waals surface area contributed by atoms with Gasteiger partial charge in [0, 0.05) is 23.6 Å². The van der Waals surface area contributed by atoms with Crippen LogP contribution in [0.5, 0.6) is 0 Å². The van der Waals surface area contributed by atoms with Gasteiger partial charge < -0.3 is 9.88 Å². The summed E-state index contributed by atoms with van der Waals surface area (Å²) in [5.41, 5.74) is 1.75. The number of nitrogens with zero attached hydrogens (tertiary/aromatic N) is 1. The predicted molar refractivity (Wildman–Crippen MR) is 102 cm³/mol. The van der Waals surface area contributed by atoms with Crippen LogP contribution in [0.15, 0.2) is 58.5 Å². The Morgan fingerprint density at radius 1 is 1.08 bits per heavy atom. The molecule has 0 amide bonds. The number of rotatable bonds is 7. The number of aromatic amines is 1. The van der Waals surface area contributed by atoms with E-state index in [4.69, 9.17) is 0 Å². The quantitative estimate of drug-likeness (QED) is 0.679. The molecule has 6 heteroatoms. The minimum atomic E-state index is -3.80. The molecule has 2 aromatic carbocycles. The number of likely N-dealkylation sites (N-methyl/N-ethyl adjacent to an activating group) is 1. The first-order chi connectivity index (χ1) is 12.5. The topological polar surface area (TPSA) is 53.2 Å². The number of hydrogen-bond acceptors (Lipinski definition) is 3. The fraction of sp³-hybridized carbons (Fsp3) is 0.300. The molecule has 3 rings (SSSR count). The third kappa shape index (κ3) is 3.52. The molecule has 0 bridgehead atoms. The number of aromatic nitrogens is 1. The number of halogens is 1. The molecule has 0 unspecified atom stereocenters. The highest BCUT2D eigenvalue weighted by atomic mass is 32.2. The van der Waals surface area contributed by atoms with E-state index in [0.717, 1.165) is 43.2 Å². The smallest absolute Gasteiger partial charge is 0.208 e. The maximum Gasteiger partial charge on any atom is 0.208 e. The van der Waals surface area contributed by atoms with Gasteiger partial charge >= 0.3 is 0 Å². The van der Waals surface area contributed by atoms with Crippen LogP contribution in [0.1, 0.15) is 19.4 Å². The number of hydrogen-bond donors (Lipinski definition) is 1. The summed E-state index contributed by atoms with van der Waals surface area (Å²) in [5.74, 6) is -0.562. The lowest BCUT2D eigenvalue weighted by atomic mass is 10.1. The first kappa shape index (κ1) is 18.6. The van der Waals surface area contributed by atoms with Crippen LogP contribution in [0, 0.1) is 5.82 Å². The van der Waals surface area contributed by atoms with Gasteiger partial charge in [-0.15, -0.1) is 0 Å². The van der Waals surface area contributed by atoms with Crippen LogP contribution in [0.3, 0.4) is 0 Å². The number of benzene rings is 2.